The van der Waals surface area contributed by atoms with Gasteiger partial charge in [-0.2, -0.15) is 0 Å². The summed E-state index contributed by atoms with van der Waals surface area (Å²) in [6.07, 6.45) is 1.12. The van der Waals surface area contributed by atoms with Gasteiger partial charge in [-0.25, -0.2) is 0 Å². The highest BCUT2D eigenvalue weighted by atomic mass is 35.5. The molecular formula is C18H20ClNO2. The van der Waals surface area contributed by atoms with E-state index in [1.807, 2.05) is 30.3 Å². The van der Waals surface area contributed by atoms with Crippen LogP contribution in [0.4, 0.5) is 5.69 Å². The molecule has 1 saturated heterocycles. The molecule has 2 aromatic rings. The maximum absolute atomic E-state index is 6.21. The minimum absolute atomic E-state index is 0.1000. The van der Waals surface area contributed by atoms with Gasteiger partial charge in [0.25, 0.3) is 0 Å². The number of benzene rings is 2. The molecule has 2 atom stereocenters. The van der Waals surface area contributed by atoms with Crippen LogP contribution in [0.3, 0.4) is 0 Å². The lowest BCUT2D eigenvalue weighted by molar-refractivity contribution is 0.0463. The molecule has 3 rings (SSSR count). The Morgan fingerprint density at radius 3 is 2.64 bits per heavy atom. The third-order valence-corrected chi connectivity index (χ3v) is 4.23. The first-order valence-electron chi connectivity index (χ1n) is 7.53. The second kappa shape index (κ2) is 6.59. The fraction of sp³-hybridized carbons (Fsp3) is 0.333. The van der Waals surface area contributed by atoms with Crippen molar-refractivity contribution in [3.63, 3.8) is 0 Å². The van der Waals surface area contributed by atoms with Gasteiger partial charge in [0, 0.05) is 22.8 Å². The Hall–Kier alpha value is -1.71. The Labute approximate surface area is 136 Å². The van der Waals surface area contributed by atoms with Crippen molar-refractivity contribution in [3.8, 4) is 5.75 Å². The third-order valence-electron chi connectivity index (χ3n) is 4.00. The molecule has 0 aliphatic carbocycles. The molecule has 1 aliphatic rings. The van der Waals surface area contributed by atoms with Gasteiger partial charge in [0.1, 0.15) is 5.75 Å². The summed E-state index contributed by atoms with van der Waals surface area (Å²) < 4.78 is 11.4. The molecule has 2 unspecified atom stereocenters. The van der Waals surface area contributed by atoms with Gasteiger partial charge in [-0.05, 0) is 42.8 Å². The summed E-state index contributed by atoms with van der Waals surface area (Å²) in [6.45, 7) is 3.03. The van der Waals surface area contributed by atoms with Crippen molar-refractivity contribution in [2.24, 2.45) is 0 Å². The fourth-order valence-corrected chi connectivity index (χ4v) is 2.97. The first-order valence-corrected chi connectivity index (χ1v) is 7.90. The minimum Gasteiger partial charge on any atom is -0.497 e. The van der Waals surface area contributed by atoms with Crippen molar-refractivity contribution < 1.29 is 9.47 Å². The van der Waals surface area contributed by atoms with E-state index in [-0.39, 0.29) is 12.3 Å². The lowest BCUT2D eigenvalue weighted by Crippen LogP contribution is -2.24. The minimum atomic E-state index is -0.1000. The summed E-state index contributed by atoms with van der Waals surface area (Å²) >= 11 is 6.14. The van der Waals surface area contributed by atoms with Gasteiger partial charge in [-0.15, -0.1) is 0 Å². The monoisotopic (exact) mass is 317 g/mol. The molecule has 0 radical (unpaired) electrons. The number of halogens is 1. The molecule has 116 valence electrons. The van der Waals surface area contributed by atoms with Crippen molar-refractivity contribution in [3.05, 3.63) is 59.1 Å². The Balaban J connectivity index is 1.91. The highest BCUT2D eigenvalue weighted by molar-refractivity contribution is 6.30. The summed E-state index contributed by atoms with van der Waals surface area (Å²) in [7, 11) is 1.68. The number of methoxy groups -OCH3 is 1. The molecule has 3 nitrogen and oxygen atoms in total. The fourth-order valence-electron chi connectivity index (χ4n) is 2.77. The Morgan fingerprint density at radius 1 is 1.23 bits per heavy atom. The molecule has 0 saturated carbocycles. The first kappa shape index (κ1) is 15.2. The van der Waals surface area contributed by atoms with Crippen LogP contribution in [-0.4, -0.2) is 19.8 Å². The van der Waals surface area contributed by atoms with Gasteiger partial charge in [0.15, 0.2) is 6.23 Å². The Kier molecular flexibility index (Phi) is 4.55. The Morgan fingerprint density at radius 2 is 2.00 bits per heavy atom. The smallest absolute Gasteiger partial charge is 0.157 e. The van der Waals surface area contributed by atoms with Crippen LogP contribution in [0, 0.1) is 0 Å². The van der Waals surface area contributed by atoms with Crippen LogP contribution in [0.15, 0.2) is 48.5 Å². The standard InChI is InChI=1S/C18H20ClNO2/c1-3-16-12-20(15-7-9-17(21-2)10-8-15)18(22-16)13-5-4-6-14(19)11-13/h4-11,16,18H,3,12H2,1-2H3. The highest BCUT2D eigenvalue weighted by Crippen LogP contribution is 2.36. The predicted molar refractivity (Wildman–Crippen MR) is 89.7 cm³/mol. The van der Waals surface area contributed by atoms with E-state index in [0.29, 0.717) is 0 Å². The first-order chi connectivity index (χ1) is 10.7. The van der Waals surface area contributed by atoms with E-state index in [1.165, 1.54) is 0 Å². The zero-order chi connectivity index (χ0) is 15.5. The lowest BCUT2D eigenvalue weighted by Gasteiger charge is -2.25. The quantitative estimate of drug-likeness (QED) is 0.818. The van der Waals surface area contributed by atoms with Gasteiger partial charge in [0.05, 0.1) is 13.2 Å². The van der Waals surface area contributed by atoms with Crippen molar-refractivity contribution >= 4 is 17.3 Å². The van der Waals surface area contributed by atoms with Gasteiger partial charge in [0.2, 0.25) is 0 Å². The van der Waals surface area contributed by atoms with E-state index in [9.17, 15) is 0 Å². The average Bonchev–Trinajstić information content (AvgIpc) is 2.99. The number of hydrogen-bond donors (Lipinski definition) is 0. The molecule has 1 aliphatic heterocycles. The van der Waals surface area contributed by atoms with Crippen LogP contribution in [0.2, 0.25) is 5.02 Å². The summed E-state index contributed by atoms with van der Waals surface area (Å²) in [5, 5.41) is 0.732. The van der Waals surface area contributed by atoms with Crippen LogP contribution >= 0.6 is 11.6 Å². The van der Waals surface area contributed by atoms with Crippen LogP contribution in [0.5, 0.6) is 5.75 Å². The van der Waals surface area contributed by atoms with Crippen molar-refractivity contribution in [1.82, 2.24) is 0 Å². The van der Waals surface area contributed by atoms with Crippen LogP contribution < -0.4 is 9.64 Å². The highest BCUT2D eigenvalue weighted by Gasteiger charge is 2.33. The van der Waals surface area contributed by atoms with E-state index in [2.05, 4.69) is 30.0 Å². The number of nitrogens with zero attached hydrogens (tertiary/aromatic N) is 1. The molecule has 2 aromatic carbocycles. The molecule has 0 bridgehead atoms. The van der Waals surface area contributed by atoms with Gasteiger partial charge < -0.3 is 14.4 Å². The van der Waals surface area contributed by atoms with Crippen LogP contribution in [0.1, 0.15) is 25.1 Å². The molecule has 22 heavy (non-hydrogen) atoms. The maximum atomic E-state index is 6.21. The van der Waals surface area contributed by atoms with Crippen LogP contribution in [-0.2, 0) is 4.74 Å². The van der Waals surface area contributed by atoms with Crippen molar-refractivity contribution in [2.75, 3.05) is 18.6 Å². The van der Waals surface area contributed by atoms with E-state index in [0.717, 1.165) is 35.0 Å². The van der Waals surface area contributed by atoms with Gasteiger partial charge >= 0.3 is 0 Å². The van der Waals surface area contributed by atoms with E-state index < -0.39 is 0 Å². The van der Waals surface area contributed by atoms with Gasteiger partial charge in [-0.3, -0.25) is 0 Å². The summed E-state index contributed by atoms with van der Waals surface area (Å²) in [4.78, 5) is 2.28. The molecular weight excluding hydrogens is 298 g/mol. The average molecular weight is 318 g/mol. The normalized spacial score (nSPS) is 21.1. The molecule has 0 spiro atoms. The topological polar surface area (TPSA) is 21.7 Å². The third kappa shape index (κ3) is 3.06. The SMILES string of the molecule is CCC1CN(c2ccc(OC)cc2)C(c2cccc(Cl)c2)O1. The van der Waals surface area contributed by atoms with E-state index >= 15 is 0 Å². The van der Waals surface area contributed by atoms with E-state index in [4.69, 9.17) is 21.1 Å². The molecule has 0 aromatic heterocycles. The second-order valence-corrected chi connectivity index (χ2v) is 5.86. The maximum Gasteiger partial charge on any atom is 0.157 e. The largest absolute Gasteiger partial charge is 0.497 e. The summed E-state index contributed by atoms with van der Waals surface area (Å²) in [5.41, 5.74) is 2.21. The van der Waals surface area contributed by atoms with Gasteiger partial charge in [-0.1, -0.05) is 30.7 Å². The number of rotatable bonds is 4. The zero-order valence-electron chi connectivity index (χ0n) is 12.8. The Bertz CT molecular complexity index is 629. The number of anilines is 1. The van der Waals surface area contributed by atoms with Crippen LogP contribution in [0.25, 0.3) is 0 Å². The van der Waals surface area contributed by atoms with Crippen molar-refractivity contribution in [1.29, 1.82) is 0 Å². The summed E-state index contributed by atoms with van der Waals surface area (Å²) in [5.74, 6) is 0.857. The molecule has 0 N–H and O–H groups in total. The zero-order valence-corrected chi connectivity index (χ0v) is 13.6. The molecule has 4 heteroatoms. The lowest BCUT2D eigenvalue weighted by atomic mass is 10.1. The summed E-state index contributed by atoms with van der Waals surface area (Å²) in [6, 6.07) is 16.0. The second-order valence-electron chi connectivity index (χ2n) is 5.42. The van der Waals surface area contributed by atoms with E-state index in [1.54, 1.807) is 7.11 Å². The number of ether oxygens (including phenoxy) is 2. The molecule has 0 amide bonds. The van der Waals surface area contributed by atoms with Crippen molar-refractivity contribution in [2.45, 2.75) is 25.7 Å². The number of hydrogen-bond acceptors (Lipinski definition) is 3. The molecule has 1 fully saturated rings. The molecule has 1 heterocycles. The predicted octanol–water partition coefficient (Wildman–Crippen LogP) is 4.66.